The number of anilines is 1. The minimum absolute atomic E-state index is 0.00817. The first-order chi connectivity index (χ1) is 13.5. The van der Waals surface area contributed by atoms with E-state index in [0.717, 1.165) is 69.0 Å². The van der Waals surface area contributed by atoms with Crippen LogP contribution in [0.15, 0.2) is 29.3 Å². The van der Waals surface area contributed by atoms with E-state index < -0.39 is 0 Å². The summed E-state index contributed by atoms with van der Waals surface area (Å²) >= 11 is 6.12. The van der Waals surface area contributed by atoms with Crippen molar-refractivity contribution >= 4 is 29.2 Å². The molecule has 1 aliphatic heterocycles. The lowest BCUT2D eigenvalue weighted by Crippen LogP contribution is -2.53. The third kappa shape index (κ3) is 7.20. The van der Waals surface area contributed by atoms with Crippen molar-refractivity contribution in [3.05, 3.63) is 29.3 Å². The lowest BCUT2D eigenvalue weighted by molar-refractivity contribution is -0.127. The predicted octanol–water partition coefficient (Wildman–Crippen LogP) is 1.92. The van der Waals surface area contributed by atoms with Crippen molar-refractivity contribution in [3.63, 3.8) is 0 Å². The zero-order valence-electron chi connectivity index (χ0n) is 17.2. The Morgan fingerprint density at radius 2 is 2.04 bits per heavy atom. The van der Waals surface area contributed by atoms with Crippen LogP contribution in [0.3, 0.4) is 0 Å². The fraction of sp³-hybridized carbons (Fsp3) is 0.600. The molecular formula is C20H32ClN5O2. The highest BCUT2D eigenvalue weighted by Crippen LogP contribution is 2.20. The summed E-state index contributed by atoms with van der Waals surface area (Å²) in [4.78, 5) is 22.6. The van der Waals surface area contributed by atoms with Gasteiger partial charge in [0.15, 0.2) is 5.96 Å². The van der Waals surface area contributed by atoms with Crippen molar-refractivity contribution < 1.29 is 9.53 Å². The number of guanidine groups is 1. The molecule has 0 saturated carbocycles. The first kappa shape index (κ1) is 22.3. The number of halogens is 1. The summed E-state index contributed by atoms with van der Waals surface area (Å²) < 4.78 is 5.39. The van der Waals surface area contributed by atoms with E-state index >= 15 is 0 Å². The van der Waals surface area contributed by atoms with Crippen LogP contribution in [0, 0.1) is 0 Å². The second-order valence-electron chi connectivity index (χ2n) is 6.86. The lowest BCUT2D eigenvalue weighted by atomic mass is 10.2. The molecular weight excluding hydrogens is 378 g/mol. The zero-order chi connectivity index (χ0) is 20.4. The van der Waals surface area contributed by atoms with Gasteiger partial charge in [-0.3, -0.25) is 4.79 Å². The first-order valence-corrected chi connectivity index (χ1v) is 10.2. The molecule has 1 N–H and O–H groups in total. The van der Waals surface area contributed by atoms with Crippen molar-refractivity contribution in [2.45, 2.75) is 13.3 Å². The Bertz CT molecular complexity index is 645. The molecule has 0 aliphatic carbocycles. The number of aliphatic imine (C=N–C) groups is 1. The molecule has 0 aromatic heterocycles. The van der Waals surface area contributed by atoms with Gasteiger partial charge >= 0.3 is 0 Å². The lowest BCUT2D eigenvalue weighted by Gasteiger charge is -2.38. The van der Waals surface area contributed by atoms with E-state index in [1.54, 1.807) is 19.0 Å². The molecule has 1 fully saturated rings. The number of hydrogen-bond donors (Lipinski definition) is 1. The molecule has 8 heteroatoms. The fourth-order valence-electron chi connectivity index (χ4n) is 2.92. The van der Waals surface area contributed by atoms with E-state index in [4.69, 9.17) is 16.3 Å². The SMILES string of the molecule is CCOCCCNC(=NCC(=O)N(C)C)N1CCN(c2cccc(Cl)c2)CC1. The minimum Gasteiger partial charge on any atom is -0.382 e. The van der Waals surface area contributed by atoms with Crippen molar-refractivity contribution in [2.75, 3.05) is 71.5 Å². The second-order valence-corrected chi connectivity index (χ2v) is 7.30. The Morgan fingerprint density at radius 1 is 1.29 bits per heavy atom. The summed E-state index contributed by atoms with van der Waals surface area (Å²) in [6.45, 7) is 7.77. The molecule has 2 rings (SSSR count). The molecule has 1 saturated heterocycles. The largest absolute Gasteiger partial charge is 0.382 e. The number of carbonyl (C=O) groups excluding carboxylic acids is 1. The van der Waals surface area contributed by atoms with Crippen molar-refractivity contribution in [3.8, 4) is 0 Å². The summed E-state index contributed by atoms with van der Waals surface area (Å²) in [7, 11) is 3.49. The molecule has 7 nitrogen and oxygen atoms in total. The second kappa shape index (κ2) is 11.8. The maximum absolute atomic E-state index is 11.9. The Morgan fingerprint density at radius 3 is 2.68 bits per heavy atom. The van der Waals surface area contributed by atoms with Gasteiger partial charge in [-0.25, -0.2) is 4.99 Å². The number of hydrogen-bond acceptors (Lipinski definition) is 4. The summed E-state index contributed by atoms with van der Waals surface area (Å²) in [6.07, 6.45) is 0.900. The summed E-state index contributed by atoms with van der Waals surface area (Å²) in [5, 5.41) is 4.14. The van der Waals surface area contributed by atoms with E-state index in [9.17, 15) is 4.79 Å². The number of rotatable bonds is 8. The monoisotopic (exact) mass is 409 g/mol. The predicted molar refractivity (Wildman–Crippen MR) is 115 cm³/mol. The summed E-state index contributed by atoms with van der Waals surface area (Å²) in [6, 6.07) is 7.94. The van der Waals surface area contributed by atoms with Gasteiger partial charge < -0.3 is 24.8 Å². The Hall–Kier alpha value is -1.99. The van der Waals surface area contributed by atoms with Crippen LogP contribution in [-0.2, 0) is 9.53 Å². The number of ether oxygens (including phenoxy) is 1. The van der Waals surface area contributed by atoms with Crippen LogP contribution >= 0.6 is 11.6 Å². The Balaban J connectivity index is 1.94. The highest BCUT2D eigenvalue weighted by Gasteiger charge is 2.20. The van der Waals surface area contributed by atoms with Crippen molar-refractivity contribution in [1.29, 1.82) is 0 Å². The van der Waals surface area contributed by atoms with Gasteiger partial charge in [0.2, 0.25) is 5.91 Å². The average molecular weight is 410 g/mol. The van der Waals surface area contributed by atoms with Crippen LogP contribution in [0.2, 0.25) is 5.02 Å². The molecule has 28 heavy (non-hydrogen) atoms. The number of nitrogens with zero attached hydrogens (tertiary/aromatic N) is 4. The Kier molecular flexibility index (Phi) is 9.37. The topological polar surface area (TPSA) is 60.4 Å². The molecule has 1 heterocycles. The number of amides is 1. The quantitative estimate of drug-likeness (QED) is 0.404. The molecule has 1 aromatic rings. The summed E-state index contributed by atoms with van der Waals surface area (Å²) in [5.74, 6) is 0.781. The standard InChI is InChI=1S/C20H32ClN5O2/c1-4-28-14-6-9-22-20(23-16-19(27)24(2)3)26-12-10-25(11-13-26)18-8-5-7-17(21)15-18/h5,7-8,15H,4,6,9-14,16H2,1-3H3,(H,22,23). The molecule has 0 bridgehead atoms. The van der Waals surface area contributed by atoms with E-state index in [2.05, 4.69) is 26.2 Å². The van der Waals surface area contributed by atoms with Gasteiger partial charge in [-0.1, -0.05) is 17.7 Å². The molecule has 1 amide bonds. The third-order valence-electron chi connectivity index (χ3n) is 4.57. The molecule has 156 valence electrons. The highest BCUT2D eigenvalue weighted by atomic mass is 35.5. The molecule has 0 unspecified atom stereocenters. The van der Waals surface area contributed by atoms with E-state index in [1.165, 1.54) is 0 Å². The smallest absolute Gasteiger partial charge is 0.243 e. The zero-order valence-corrected chi connectivity index (χ0v) is 17.9. The third-order valence-corrected chi connectivity index (χ3v) is 4.80. The maximum Gasteiger partial charge on any atom is 0.243 e. The fourth-order valence-corrected chi connectivity index (χ4v) is 3.10. The minimum atomic E-state index is -0.00817. The number of benzene rings is 1. The van der Waals surface area contributed by atoms with Gasteiger partial charge in [0.05, 0.1) is 0 Å². The molecule has 1 aromatic carbocycles. The van der Waals surface area contributed by atoms with Crippen LogP contribution in [0.25, 0.3) is 0 Å². The molecule has 0 radical (unpaired) electrons. The molecule has 0 spiro atoms. The maximum atomic E-state index is 11.9. The Labute approximate surface area is 173 Å². The van der Waals surface area contributed by atoms with Crippen LogP contribution in [0.4, 0.5) is 5.69 Å². The van der Waals surface area contributed by atoms with E-state index in [0.29, 0.717) is 0 Å². The number of likely N-dealkylation sites (N-methyl/N-ethyl adjacent to an activating group) is 1. The first-order valence-electron chi connectivity index (χ1n) is 9.83. The highest BCUT2D eigenvalue weighted by molar-refractivity contribution is 6.30. The van der Waals surface area contributed by atoms with Gasteiger partial charge in [0.25, 0.3) is 0 Å². The van der Waals surface area contributed by atoms with E-state index in [-0.39, 0.29) is 12.5 Å². The van der Waals surface area contributed by atoms with Gasteiger partial charge in [0, 0.05) is 70.7 Å². The normalized spacial score (nSPS) is 14.9. The van der Waals surface area contributed by atoms with Crippen molar-refractivity contribution in [2.24, 2.45) is 4.99 Å². The van der Waals surface area contributed by atoms with Crippen LogP contribution in [0.5, 0.6) is 0 Å². The van der Waals surface area contributed by atoms with E-state index in [1.807, 2.05) is 25.1 Å². The molecule has 0 atom stereocenters. The average Bonchev–Trinajstić information content (AvgIpc) is 2.70. The van der Waals surface area contributed by atoms with Gasteiger partial charge in [-0.05, 0) is 31.5 Å². The van der Waals surface area contributed by atoms with Gasteiger partial charge in [-0.15, -0.1) is 0 Å². The van der Waals surface area contributed by atoms with Gasteiger partial charge in [-0.2, -0.15) is 0 Å². The molecule has 1 aliphatic rings. The summed E-state index contributed by atoms with van der Waals surface area (Å²) in [5.41, 5.74) is 1.14. The van der Waals surface area contributed by atoms with Crippen LogP contribution in [-0.4, -0.2) is 88.2 Å². The van der Waals surface area contributed by atoms with Crippen LogP contribution < -0.4 is 10.2 Å². The number of piperazine rings is 1. The van der Waals surface area contributed by atoms with Crippen molar-refractivity contribution in [1.82, 2.24) is 15.1 Å². The number of carbonyl (C=O) groups is 1. The number of nitrogens with one attached hydrogen (secondary N) is 1. The van der Waals surface area contributed by atoms with Crippen LogP contribution in [0.1, 0.15) is 13.3 Å². The van der Waals surface area contributed by atoms with Gasteiger partial charge in [0.1, 0.15) is 6.54 Å².